The van der Waals surface area contributed by atoms with Crippen molar-refractivity contribution in [1.82, 2.24) is 0 Å². The number of hydrogen-bond donors (Lipinski definition) is 0. The largest absolute Gasteiger partial charge is 0.466 e. The first-order chi connectivity index (χ1) is 12.0. The number of benzene rings is 2. The maximum absolute atomic E-state index is 11.5. The molecular formula is C22H30BrNO2. The Morgan fingerprint density at radius 2 is 1.88 bits per heavy atom. The van der Waals surface area contributed by atoms with Crippen molar-refractivity contribution in [1.29, 1.82) is 0 Å². The van der Waals surface area contributed by atoms with Gasteiger partial charge in [0.25, 0.3) is 0 Å². The molecule has 1 aliphatic rings. The molecule has 0 amide bonds. The van der Waals surface area contributed by atoms with E-state index in [1.165, 1.54) is 22.0 Å². The van der Waals surface area contributed by atoms with Crippen LogP contribution in [0.3, 0.4) is 0 Å². The smallest absolute Gasteiger partial charge is 0.305 e. The van der Waals surface area contributed by atoms with E-state index in [9.17, 15) is 4.79 Å². The molecule has 0 saturated carbocycles. The summed E-state index contributed by atoms with van der Waals surface area (Å²) < 4.78 is 5.02. The third-order valence-electron chi connectivity index (χ3n) is 5.71. The predicted octanol–water partition coefficient (Wildman–Crippen LogP) is 5.64. The van der Waals surface area contributed by atoms with Crippen molar-refractivity contribution >= 4 is 39.4 Å². The number of hydrogen-bond acceptors (Lipinski definition) is 3. The highest BCUT2D eigenvalue weighted by molar-refractivity contribution is 8.93. The van der Waals surface area contributed by atoms with Gasteiger partial charge in [0, 0.05) is 30.1 Å². The number of unbranched alkanes of at least 4 members (excludes halogenated alkanes) is 1. The van der Waals surface area contributed by atoms with E-state index in [1.54, 1.807) is 0 Å². The van der Waals surface area contributed by atoms with E-state index in [-0.39, 0.29) is 28.4 Å². The summed E-state index contributed by atoms with van der Waals surface area (Å²) in [6.07, 6.45) is 2.40. The number of carbonyl (C=O) groups is 1. The van der Waals surface area contributed by atoms with Crippen molar-refractivity contribution in [2.24, 2.45) is 0 Å². The molecule has 0 aromatic heterocycles. The Balaban J connectivity index is 0.00000243. The van der Waals surface area contributed by atoms with Crippen LogP contribution in [-0.2, 0) is 14.9 Å². The van der Waals surface area contributed by atoms with Crippen LogP contribution in [0.5, 0.6) is 0 Å². The Labute approximate surface area is 167 Å². The molecule has 2 aromatic carbocycles. The van der Waals surface area contributed by atoms with Crippen molar-refractivity contribution < 1.29 is 9.53 Å². The van der Waals surface area contributed by atoms with Crippen LogP contribution in [0.15, 0.2) is 36.4 Å². The number of halogens is 1. The molecule has 1 aliphatic heterocycles. The summed E-state index contributed by atoms with van der Waals surface area (Å²) >= 11 is 0. The SMILES string of the molecule is Br.CCOC(=O)CCCCN1c2ccc3ccccc3c2C(C)(C)C1C. The standard InChI is InChI=1S/C22H29NO2.BrH/c1-5-25-20(24)12-8-9-15-23-16(2)22(3,4)21-18-11-7-6-10-17(18)13-14-19(21)23;/h6-7,10-11,13-14,16H,5,8-9,12,15H2,1-4H3;1H. The summed E-state index contributed by atoms with van der Waals surface area (Å²) in [5.74, 6) is -0.0799. The fourth-order valence-corrected chi connectivity index (χ4v) is 4.08. The lowest BCUT2D eigenvalue weighted by Crippen LogP contribution is -2.39. The Morgan fingerprint density at radius 1 is 1.15 bits per heavy atom. The van der Waals surface area contributed by atoms with Crippen LogP contribution in [0.2, 0.25) is 0 Å². The first-order valence-electron chi connectivity index (χ1n) is 9.41. The lowest BCUT2D eigenvalue weighted by atomic mass is 9.79. The van der Waals surface area contributed by atoms with Crippen LogP contribution in [0.4, 0.5) is 5.69 Å². The summed E-state index contributed by atoms with van der Waals surface area (Å²) in [5, 5.41) is 2.68. The molecule has 0 radical (unpaired) electrons. The molecule has 2 aromatic rings. The monoisotopic (exact) mass is 419 g/mol. The summed E-state index contributed by atoms with van der Waals surface area (Å²) in [6.45, 7) is 10.3. The van der Waals surface area contributed by atoms with Crippen LogP contribution >= 0.6 is 17.0 Å². The second-order valence-corrected chi connectivity index (χ2v) is 7.53. The van der Waals surface area contributed by atoms with Gasteiger partial charge in [-0.2, -0.15) is 0 Å². The van der Waals surface area contributed by atoms with Crippen LogP contribution in [0, 0.1) is 0 Å². The summed E-state index contributed by atoms with van der Waals surface area (Å²) in [6, 6.07) is 13.6. The molecule has 3 rings (SSSR count). The van der Waals surface area contributed by atoms with E-state index in [1.807, 2.05) is 6.92 Å². The van der Waals surface area contributed by atoms with E-state index in [4.69, 9.17) is 4.74 Å². The third kappa shape index (κ3) is 3.75. The lowest BCUT2D eigenvalue weighted by molar-refractivity contribution is -0.143. The number of nitrogens with zero attached hydrogens (tertiary/aromatic N) is 1. The Hall–Kier alpha value is -1.55. The fraction of sp³-hybridized carbons (Fsp3) is 0.500. The van der Waals surface area contributed by atoms with E-state index >= 15 is 0 Å². The number of anilines is 1. The Kier molecular flexibility index (Phi) is 6.73. The molecule has 1 unspecified atom stereocenters. The van der Waals surface area contributed by atoms with Gasteiger partial charge in [-0.3, -0.25) is 4.79 Å². The molecule has 0 bridgehead atoms. The molecule has 3 nitrogen and oxygen atoms in total. The first kappa shape index (κ1) is 20.8. The molecule has 0 fully saturated rings. The van der Waals surface area contributed by atoms with E-state index < -0.39 is 0 Å². The van der Waals surface area contributed by atoms with Crippen LogP contribution < -0.4 is 4.90 Å². The quantitative estimate of drug-likeness (QED) is 0.448. The van der Waals surface area contributed by atoms with E-state index in [2.05, 4.69) is 62.1 Å². The average Bonchev–Trinajstić information content (AvgIpc) is 2.79. The minimum absolute atomic E-state index is 0. The zero-order chi connectivity index (χ0) is 18.0. The van der Waals surface area contributed by atoms with Gasteiger partial charge in [0.05, 0.1) is 6.61 Å². The van der Waals surface area contributed by atoms with Gasteiger partial charge in [-0.25, -0.2) is 0 Å². The first-order valence-corrected chi connectivity index (χ1v) is 9.41. The van der Waals surface area contributed by atoms with Crippen molar-refractivity contribution in [3.05, 3.63) is 42.0 Å². The molecular weight excluding hydrogens is 390 g/mol. The molecule has 26 heavy (non-hydrogen) atoms. The van der Waals surface area contributed by atoms with Gasteiger partial charge >= 0.3 is 5.97 Å². The van der Waals surface area contributed by atoms with Gasteiger partial charge in [0.15, 0.2) is 0 Å². The summed E-state index contributed by atoms with van der Waals surface area (Å²) in [4.78, 5) is 14.0. The van der Waals surface area contributed by atoms with Gasteiger partial charge in [0.1, 0.15) is 0 Å². The maximum atomic E-state index is 11.5. The van der Waals surface area contributed by atoms with Gasteiger partial charge in [-0.05, 0) is 49.1 Å². The maximum Gasteiger partial charge on any atom is 0.305 e. The van der Waals surface area contributed by atoms with E-state index in [0.717, 1.165) is 19.4 Å². The van der Waals surface area contributed by atoms with Gasteiger partial charge in [-0.15, -0.1) is 17.0 Å². The molecule has 0 N–H and O–H groups in total. The van der Waals surface area contributed by atoms with E-state index in [0.29, 0.717) is 19.1 Å². The molecule has 1 heterocycles. The van der Waals surface area contributed by atoms with Crippen LogP contribution in [0.1, 0.15) is 52.5 Å². The molecule has 142 valence electrons. The normalized spacial score (nSPS) is 17.7. The van der Waals surface area contributed by atoms with Gasteiger partial charge in [0.2, 0.25) is 0 Å². The number of esters is 1. The predicted molar refractivity (Wildman–Crippen MR) is 115 cm³/mol. The number of ether oxygens (including phenoxy) is 1. The molecule has 0 saturated heterocycles. The Morgan fingerprint density at radius 3 is 2.62 bits per heavy atom. The zero-order valence-corrected chi connectivity index (χ0v) is 18.0. The summed E-state index contributed by atoms with van der Waals surface area (Å²) in [7, 11) is 0. The minimum atomic E-state index is -0.0799. The highest BCUT2D eigenvalue weighted by atomic mass is 79.9. The van der Waals surface area contributed by atoms with Crippen molar-refractivity contribution in [3.8, 4) is 0 Å². The van der Waals surface area contributed by atoms with Crippen molar-refractivity contribution in [3.63, 3.8) is 0 Å². The average molecular weight is 420 g/mol. The Bertz CT molecular complexity index is 772. The number of carbonyl (C=O) groups excluding carboxylic acids is 1. The fourth-order valence-electron chi connectivity index (χ4n) is 4.08. The number of rotatable bonds is 6. The highest BCUT2D eigenvalue weighted by Crippen LogP contribution is 2.48. The van der Waals surface area contributed by atoms with Gasteiger partial charge in [-0.1, -0.05) is 44.2 Å². The van der Waals surface area contributed by atoms with Crippen LogP contribution in [0.25, 0.3) is 10.8 Å². The second kappa shape index (κ2) is 8.43. The third-order valence-corrected chi connectivity index (χ3v) is 5.71. The number of fused-ring (bicyclic) bond motifs is 3. The topological polar surface area (TPSA) is 29.5 Å². The van der Waals surface area contributed by atoms with Gasteiger partial charge < -0.3 is 9.64 Å². The molecule has 1 atom stereocenters. The molecule has 0 spiro atoms. The molecule has 0 aliphatic carbocycles. The van der Waals surface area contributed by atoms with Crippen LogP contribution in [-0.4, -0.2) is 25.2 Å². The van der Waals surface area contributed by atoms with Crippen molar-refractivity contribution in [2.75, 3.05) is 18.1 Å². The highest BCUT2D eigenvalue weighted by Gasteiger charge is 2.42. The summed E-state index contributed by atoms with van der Waals surface area (Å²) in [5.41, 5.74) is 2.92. The molecule has 4 heteroatoms. The minimum Gasteiger partial charge on any atom is -0.466 e. The second-order valence-electron chi connectivity index (χ2n) is 7.53. The lowest BCUT2D eigenvalue weighted by Gasteiger charge is -2.31. The zero-order valence-electron chi connectivity index (χ0n) is 16.2. The van der Waals surface area contributed by atoms with Crippen molar-refractivity contribution in [2.45, 2.75) is 58.4 Å².